The van der Waals surface area contributed by atoms with Crippen LogP contribution in [0.5, 0.6) is 0 Å². The molecule has 122 valence electrons. The number of thiophene rings is 1. The minimum Gasteiger partial charge on any atom is -0.341 e. The molecule has 23 heavy (non-hydrogen) atoms. The number of rotatable bonds is 2. The average Bonchev–Trinajstić information content (AvgIpc) is 3.25. The third kappa shape index (κ3) is 2.17. The second kappa shape index (κ2) is 5.33. The number of fused-ring (bicyclic) bond motifs is 2. The number of nitrogens with one attached hydrogen (secondary N) is 1. The van der Waals surface area contributed by atoms with Gasteiger partial charge >= 0.3 is 6.03 Å². The van der Waals surface area contributed by atoms with Crippen LogP contribution in [-0.4, -0.2) is 47.3 Å². The van der Waals surface area contributed by atoms with Crippen LogP contribution >= 0.6 is 11.3 Å². The minimum atomic E-state index is -0.948. The van der Waals surface area contributed by atoms with Gasteiger partial charge in [-0.05, 0) is 43.6 Å². The van der Waals surface area contributed by atoms with Gasteiger partial charge in [-0.3, -0.25) is 14.5 Å². The van der Waals surface area contributed by atoms with Gasteiger partial charge in [0.2, 0.25) is 5.91 Å². The smallest absolute Gasteiger partial charge is 0.325 e. The van der Waals surface area contributed by atoms with E-state index in [1.54, 1.807) is 16.2 Å². The molecule has 0 radical (unpaired) electrons. The quantitative estimate of drug-likeness (QED) is 0.833. The maximum absolute atomic E-state index is 13.0. The van der Waals surface area contributed by atoms with Crippen molar-refractivity contribution >= 4 is 29.2 Å². The van der Waals surface area contributed by atoms with Gasteiger partial charge in [0.15, 0.2) is 0 Å². The molecular weight excluding hydrogens is 314 g/mol. The van der Waals surface area contributed by atoms with Gasteiger partial charge in [0.1, 0.15) is 12.1 Å². The van der Waals surface area contributed by atoms with E-state index in [-0.39, 0.29) is 18.4 Å². The SMILES string of the molecule is O=C(CN1C(=O)N[C@]2(CCCc3sccc32)C1=O)N1CCCC1. The van der Waals surface area contributed by atoms with Gasteiger partial charge in [-0.1, -0.05) is 0 Å². The molecule has 2 saturated heterocycles. The second-order valence-corrected chi connectivity index (χ2v) is 7.43. The van der Waals surface area contributed by atoms with Crippen LogP contribution in [0.2, 0.25) is 0 Å². The number of amides is 4. The molecule has 1 atom stereocenters. The predicted octanol–water partition coefficient (Wildman–Crippen LogP) is 1.45. The third-order valence-corrected chi connectivity index (χ3v) is 6.07. The summed E-state index contributed by atoms with van der Waals surface area (Å²) in [6.45, 7) is 1.30. The molecule has 0 unspecified atom stereocenters. The molecule has 0 bridgehead atoms. The van der Waals surface area contributed by atoms with E-state index in [4.69, 9.17) is 0 Å². The van der Waals surface area contributed by atoms with Crippen molar-refractivity contribution in [3.05, 3.63) is 21.9 Å². The summed E-state index contributed by atoms with van der Waals surface area (Å²) in [6, 6.07) is 1.49. The highest BCUT2D eigenvalue weighted by Gasteiger charge is 2.54. The van der Waals surface area contributed by atoms with Crippen LogP contribution in [0.15, 0.2) is 11.4 Å². The predicted molar refractivity (Wildman–Crippen MR) is 85.0 cm³/mol. The molecule has 1 N–H and O–H groups in total. The average molecular weight is 333 g/mol. The highest BCUT2D eigenvalue weighted by atomic mass is 32.1. The molecule has 3 aliphatic rings. The maximum atomic E-state index is 13.0. The number of aryl methyl sites for hydroxylation is 1. The zero-order chi connectivity index (χ0) is 16.0. The lowest BCUT2D eigenvalue weighted by atomic mass is 9.80. The van der Waals surface area contributed by atoms with Crippen LogP contribution in [-0.2, 0) is 21.5 Å². The number of urea groups is 1. The largest absolute Gasteiger partial charge is 0.341 e. The molecule has 1 aliphatic carbocycles. The van der Waals surface area contributed by atoms with Crippen molar-refractivity contribution in [3.8, 4) is 0 Å². The lowest BCUT2D eigenvalue weighted by molar-refractivity contribution is -0.138. The Hall–Kier alpha value is -1.89. The lowest BCUT2D eigenvalue weighted by Gasteiger charge is -2.31. The summed E-state index contributed by atoms with van der Waals surface area (Å²) in [7, 11) is 0. The summed E-state index contributed by atoms with van der Waals surface area (Å²) in [4.78, 5) is 41.7. The number of likely N-dealkylation sites (tertiary alicyclic amines) is 1. The molecule has 4 rings (SSSR count). The first kappa shape index (κ1) is 14.7. The number of imide groups is 1. The summed E-state index contributed by atoms with van der Waals surface area (Å²) in [5.41, 5.74) is -0.0288. The molecule has 1 aromatic heterocycles. The Labute approximate surface area is 138 Å². The van der Waals surface area contributed by atoms with Crippen LogP contribution in [0, 0.1) is 0 Å². The number of nitrogens with zero attached hydrogens (tertiary/aromatic N) is 2. The Balaban J connectivity index is 1.59. The Morgan fingerprint density at radius 3 is 2.83 bits per heavy atom. The molecule has 2 fully saturated rings. The van der Waals surface area contributed by atoms with Crippen molar-refractivity contribution < 1.29 is 14.4 Å². The van der Waals surface area contributed by atoms with Crippen LogP contribution in [0.4, 0.5) is 4.79 Å². The summed E-state index contributed by atoms with van der Waals surface area (Å²) in [5.74, 6) is -0.404. The molecule has 0 saturated carbocycles. The summed E-state index contributed by atoms with van der Waals surface area (Å²) in [5, 5.41) is 4.85. The molecule has 3 heterocycles. The Bertz CT molecular complexity index is 680. The lowest BCUT2D eigenvalue weighted by Crippen LogP contribution is -2.47. The highest BCUT2D eigenvalue weighted by Crippen LogP contribution is 2.42. The number of hydrogen-bond donors (Lipinski definition) is 1. The Morgan fingerprint density at radius 2 is 2.04 bits per heavy atom. The van der Waals surface area contributed by atoms with Gasteiger partial charge in [-0.2, -0.15) is 0 Å². The second-order valence-electron chi connectivity index (χ2n) is 6.43. The first-order valence-electron chi connectivity index (χ1n) is 8.10. The molecule has 7 heteroatoms. The number of carbonyl (C=O) groups excluding carboxylic acids is 3. The van der Waals surface area contributed by atoms with Crippen LogP contribution < -0.4 is 5.32 Å². The van der Waals surface area contributed by atoms with Crippen molar-refractivity contribution in [1.29, 1.82) is 0 Å². The van der Waals surface area contributed by atoms with Gasteiger partial charge < -0.3 is 10.2 Å². The molecule has 2 aliphatic heterocycles. The van der Waals surface area contributed by atoms with E-state index < -0.39 is 11.6 Å². The number of carbonyl (C=O) groups is 3. The van der Waals surface area contributed by atoms with E-state index in [1.165, 1.54) is 0 Å². The van der Waals surface area contributed by atoms with E-state index >= 15 is 0 Å². The molecular formula is C16H19N3O3S. The van der Waals surface area contributed by atoms with Crippen molar-refractivity contribution in [2.75, 3.05) is 19.6 Å². The molecule has 6 nitrogen and oxygen atoms in total. The standard InChI is InChI=1S/C16H19N3O3S/c20-13(18-7-1-2-8-18)10-19-14(21)16(17-15(19)22)6-3-4-12-11(16)5-9-23-12/h5,9H,1-4,6-8,10H2,(H,17,22)/t16-/m0/s1. The van der Waals surface area contributed by atoms with Crippen molar-refractivity contribution in [3.63, 3.8) is 0 Å². The monoisotopic (exact) mass is 333 g/mol. The molecule has 0 aromatic carbocycles. The fraction of sp³-hybridized carbons (Fsp3) is 0.562. The molecule has 4 amide bonds. The van der Waals surface area contributed by atoms with E-state index in [0.29, 0.717) is 6.42 Å². The maximum Gasteiger partial charge on any atom is 0.325 e. The number of hydrogen-bond acceptors (Lipinski definition) is 4. The van der Waals surface area contributed by atoms with Crippen LogP contribution in [0.25, 0.3) is 0 Å². The van der Waals surface area contributed by atoms with E-state index in [9.17, 15) is 14.4 Å². The minimum absolute atomic E-state index is 0.135. The van der Waals surface area contributed by atoms with Crippen LogP contribution in [0.1, 0.15) is 36.1 Å². The van der Waals surface area contributed by atoms with Crippen molar-refractivity contribution in [2.45, 2.75) is 37.6 Å². The molecule has 1 aromatic rings. The first-order chi connectivity index (χ1) is 11.1. The summed E-state index contributed by atoms with van der Waals surface area (Å²) >= 11 is 1.63. The Morgan fingerprint density at radius 1 is 1.26 bits per heavy atom. The van der Waals surface area contributed by atoms with E-state index in [2.05, 4.69) is 5.32 Å². The van der Waals surface area contributed by atoms with E-state index in [1.807, 2.05) is 11.4 Å². The zero-order valence-corrected chi connectivity index (χ0v) is 13.7. The van der Waals surface area contributed by atoms with E-state index in [0.717, 1.165) is 54.1 Å². The van der Waals surface area contributed by atoms with Crippen molar-refractivity contribution in [2.24, 2.45) is 0 Å². The third-order valence-electron chi connectivity index (χ3n) is 5.09. The molecule has 1 spiro atoms. The van der Waals surface area contributed by atoms with Gasteiger partial charge in [0.25, 0.3) is 5.91 Å². The zero-order valence-electron chi connectivity index (χ0n) is 12.8. The fourth-order valence-electron chi connectivity index (χ4n) is 3.89. The highest BCUT2D eigenvalue weighted by molar-refractivity contribution is 7.10. The van der Waals surface area contributed by atoms with Crippen molar-refractivity contribution in [1.82, 2.24) is 15.1 Å². The van der Waals surface area contributed by atoms with Crippen LogP contribution in [0.3, 0.4) is 0 Å². The van der Waals surface area contributed by atoms with Gasteiger partial charge in [-0.25, -0.2) is 4.79 Å². The topological polar surface area (TPSA) is 69.7 Å². The summed E-state index contributed by atoms with van der Waals surface area (Å²) in [6.07, 6.45) is 4.41. The fourth-order valence-corrected chi connectivity index (χ4v) is 4.89. The van der Waals surface area contributed by atoms with Gasteiger partial charge in [-0.15, -0.1) is 11.3 Å². The van der Waals surface area contributed by atoms with Gasteiger partial charge in [0.05, 0.1) is 0 Å². The summed E-state index contributed by atoms with van der Waals surface area (Å²) < 4.78 is 0. The van der Waals surface area contributed by atoms with Gasteiger partial charge in [0, 0.05) is 23.5 Å². The Kier molecular flexibility index (Phi) is 3.41. The first-order valence-corrected chi connectivity index (χ1v) is 8.98. The normalized spacial score (nSPS) is 26.8.